The number of hydrogen-bond donors (Lipinski definition) is 2. The fraction of sp³-hybridized carbons (Fsp3) is 0.136. The number of amides is 1. The van der Waals surface area contributed by atoms with Crippen LogP contribution in [0.3, 0.4) is 0 Å². The lowest BCUT2D eigenvalue weighted by molar-refractivity contribution is 0.0939. The van der Waals surface area contributed by atoms with Gasteiger partial charge < -0.3 is 5.32 Å². The molecule has 0 saturated carbocycles. The van der Waals surface area contributed by atoms with Gasteiger partial charge in [0.25, 0.3) is 15.9 Å². The van der Waals surface area contributed by atoms with Crippen LogP contribution in [0.1, 0.15) is 34.5 Å². The number of halogens is 1. The molecule has 0 spiro atoms. The summed E-state index contributed by atoms with van der Waals surface area (Å²) in [5.74, 6) is -0.777. The third-order valence-electron chi connectivity index (χ3n) is 4.43. The van der Waals surface area contributed by atoms with Crippen LogP contribution in [0.15, 0.2) is 77.7 Å². The van der Waals surface area contributed by atoms with Gasteiger partial charge in [-0.1, -0.05) is 35.9 Å². The van der Waals surface area contributed by atoms with Gasteiger partial charge in [-0.3, -0.25) is 9.52 Å². The molecule has 3 aromatic carbocycles. The number of rotatable bonds is 6. The summed E-state index contributed by atoms with van der Waals surface area (Å²) in [6.07, 6.45) is 0. The zero-order valence-electron chi connectivity index (χ0n) is 16.0. The van der Waals surface area contributed by atoms with Gasteiger partial charge in [0.1, 0.15) is 5.82 Å². The van der Waals surface area contributed by atoms with Gasteiger partial charge in [0.2, 0.25) is 0 Å². The smallest absolute Gasteiger partial charge is 0.261 e. The van der Waals surface area contributed by atoms with Gasteiger partial charge in [0.15, 0.2) is 0 Å². The molecule has 0 aliphatic heterocycles. The molecule has 150 valence electrons. The maximum atomic E-state index is 13.1. The highest BCUT2D eigenvalue weighted by molar-refractivity contribution is 7.92. The predicted octanol–water partition coefficient (Wildman–Crippen LogP) is 4.43. The van der Waals surface area contributed by atoms with Crippen molar-refractivity contribution in [3.63, 3.8) is 0 Å². The number of aryl methyl sites for hydroxylation is 1. The van der Waals surface area contributed by atoms with Gasteiger partial charge in [0.05, 0.1) is 10.9 Å². The standard InChI is InChI=1S/C22H21FN2O3S/c1-15-6-12-20(13-7-15)25-29(27,28)21-5-3-4-18(14-21)22(26)24-16(2)17-8-10-19(23)11-9-17/h3-14,16,25H,1-2H3,(H,24,26)/t16-/m1/s1. The summed E-state index contributed by atoms with van der Waals surface area (Å²) in [6, 6.07) is 18.2. The van der Waals surface area contributed by atoms with Crippen LogP contribution < -0.4 is 10.0 Å². The molecular formula is C22H21FN2O3S. The minimum Gasteiger partial charge on any atom is -0.346 e. The minimum atomic E-state index is -3.84. The monoisotopic (exact) mass is 412 g/mol. The van der Waals surface area contributed by atoms with Gasteiger partial charge >= 0.3 is 0 Å². The topological polar surface area (TPSA) is 75.3 Å². The summed E-state index contributed by atoms with van der Waals surface area (Å²) in [4.78, 5) is 12.6. The Balaban J connectivity index is 1.76. The second-order valence-corrected chi connectivity index (χ2v) is 8.43. The third-order valence-corrected chi connectivity index (χ3v) is 5.81. The summed E-state index contributed by atoms with van der Waals surface area (Å²) in [5, 5.41) is 2.79. The first kappa shape index (κ1) is 20.5. The van der Waals surface area contributed by atoms with E-state index >= 15 is 0 Å². The van der Waals surface area contributed by atoms with E-state index in [0.717, 1.165) is 11.1 Å². The average molecular weight is 412 g/mol. The molecule has 0 heterocycles. The summed E-state index contributed by atoms with van der Waals surface area (Å²) in [6.45, 7) is 3.68. The largest absolute Gasteiger partial charge is 0.346 e. The highest BCUT2D eigenvalue weighted by Crippen LogP contribution is 2.19. The number of benzene rings is 3. The molecule has 0 radical (unpaired) electrons. The zero-order valence-corrected chi connectivity index (χ0v) is 16.8. The lowest BCUT2D eigenvalue weighted by atomic mass is 10.1. The number of carbonyl (C=O) groups is 1. The summed E-state index contributed by atoms with van der Waals surface area (Å²) in [7, 11) is -3.84. The second-order valence-electron chi connectivity index (χ2n) is 6.75. The van der Waals surface area contributed by atoms with Crippen molar-refractivity contribution in [3.8, 4) is 0 Å². The van der Waals surface area contributed by atoms with Crippen LogP contribution in [0.25, 0.3) is 0 Å². The van der Waals surface area contributed by atoms with E-state index in [9.17, 15) is 17.6 Å². The highest BCUT2D eigenvalue weighted by Gasteiger charge is 2.18. The molecule has 7 heteroatoms. The van der Waals surface area contributed by atoms with E-state index < -0.39 is 15.9 Å². The molecule has 2 N–H and O–H groups in total. The maximum absolute atomic E-state index is 13.1. The summed E-state index contributed by atoms with van der Waals surface area (Å²) >= 11 is 0. The molecule has 5 nitrogen and oxygen atoms in total. The van der Waals surface area contributed by atoms with Gasteiger partial charge in [0, 0.05) is 11.3 Å². The molecule has 29 heavy (non-hydrogen) atoms. The maximum Gasteiger partial charge on any atom is 0.261 e. The molecule has 0 aromatic heterocycles. The number of carbonyl (C=O) groups excluding carboxylic acids is 1. The van der Waals surface area contributed by atoms with Crippen LogP contribution in [0.5, 0.6) is 0 Å². The summed E-state index contributed by atoms with van der Waals surface area (Å²) in [5.41, 5.74) is 2.41. The van der Waals surface area contributed by atoms with E-state index in [4.69, 9.17) is 0 Å². The van der Waals surface area contributed by atoms with E-state index in [1.54, 1.807) is 43.3 Å². The fourth-order valence-corrected chi connectivity index (χ4v) is 3.86. The lowest BCUT2D eigenvalue weighted by Gasteiger charge is -2.15. The van der Waals surface area contributed by atoms with Crippen molar-refractivity contribution in [1.82, 2.24) is 5.32 Å². The van der Waals surface area contributed by atoms with Gasteiger partial charge in [-0.05, 0) is 61.9 Å². The molecule has 0 unspecified atom stereocenters. The molecule has 0 bridgehead atoms. The molecule has 3 rings (SSSR count). The Hall–Kier alpha value is -3.19. The minimum absolute atomic E-state index is 0.0137. The average Bonchev–Trinajstić information content (AvgIpc) is 2.70. The Morgan fingerprint density at radius 3 is 2.28 bits per heavy atom. The van der Waals surface area contributed by atoms with Crippen molar-refractivity contribution in [2.45, 2.75) is 24.8 Å². The first-order valence-electron chi connectivity index (χ1n) is 9.00. The van der Waals surface area contributed by atoms with Crippen molar-refractivity contribution in [3.05, 3.63) is 95.3 Å². The molecule has 0 fully saturated rings. The Kier molecular flexibility index (Phi) is 5.98. The number of nitrogens with one attached hydrogen (secondary N) is 2. The Bertz CT molecular complexity index is 1110. The van der Waals surface area contributed by atoms with Crippen LogP contribution in [-0.2, 0) is 10.0 Å². The number of hydrogen-bond acceptors (Lipinski definition) is 3. The van der Waals surface area contributed by atoms with Crippen LogP contribution in [0.2, 0.25) is 0 Å². The van der Waals surface area contributed by atoms with E-state index in [1.165, 1.54) is 36.4 Å². The normalized spacial score (nSPS) is 12.2. The summed E-state index contributed by atoms with van der Waals surface area (Å²) < 4.78 is 40.9. The molecule has 1 atom stereocenters. The van der Waals surface area contributed by atoms with Gasteiger partial charge in [-0.25, -0.2) is 12.8 Å². The molecule has 0 aliphatic carbocycles. The Labute approximate surface area is 169 Å². The fourth-order valence-electron chi connectivity index (χ4n) is 2.75. The quantitative estimate of drug-likeness (QED) is 0.629. The van der Waals surface area contributed by atoms with Crippen LogP contribution in [0, 0.1) is 12.7 Å². The molecule has 0 aliphatic rings. The van der Waals surface area contributed by atoms with Crippen molar-refractivity contribution in [1.29, 1.82) is 0 Å². The predicted molar refractivity (Wildman–Crippen MR) is 111 cm³/mol. The highest BCUT2D eigenvalue weighted by atomic mass is 32.2. The second kappa shape index (κ2) is 8.45. The molecule has 0 saturated heterocycles. The molecule has 3 aromatic rings. The van der Waals surface area contributed by atoms with Crippen LogP contribution in [0.4, 0.5) is 10.1 Å². The van der Waals surface area contributed by atoms with Crippen molar-refractivity contribution in [2.75, 3.05) is 4.72 Å². The number of sulfonamides is 1. The van der Waals surface area contributed by atoms with E-state index in [-0.39, 0.29) is 22.3 Å². The lowest BCUT2D eigenvalue weighted by Crippen LogP contribution is -2.27. The van der Waals surface area contributed by atoms with Crippen molar-refractivity contribution >= 4 is 21.6 Å². The third kappa shape index (κ3) is 5.20. The SMILES string of the molecule is Cc1ccc(NS(=O)(=O)c2cccc(C(=O)N[C@H](C)c3ccc(F)cc3)c2)cc1. The molecular weight excluding hydrogens is 391 g/mol. The van der Waals surface area contributed by atoms with Gasteiger partial charge in [-0.2, -0.15) is 0 Å². The van der Waals surface area contributed by atoms with Crippen LogP contribution in [-0.4, -0.2) is 14.3 Å². The number of anilines is 1. The Morgan fingerprint density at radius 1 is 0.966 bits per heavy atom. The Morgan fingerprint density at radius 2 is 1.62 bits per heavy atom. The molecule has 1 amide bonds. The first-order chi connectivity index (χ1) is 13.7. The van der Waals surface area contributed by atoms with E-state index in [0.29, 0.717) is 5.69 Å². The van der Waals surface area contributed by atoms with Crippen molar-refractivity contribution in [2.24, 2.45) is 0 Å². The zero-order chi connectivity index (χ0) is 21.0. The van der Waals surface area contributed by atoms with Crippen molar-refractivity contribution < 1.29 is 17.6 Å². The van der Waals surface area contributed by atoms with E-state index in [2.05, 4.69) is 10.0 Å². The van der Waals surface area contributed by atoms with Crippen LogP contribution >= 0.6 is 0 Å². The van der Waals surface area contributed by atoms with Gasteiger partial charge in [-0.15, -0.1) is 0 Å². The van der Waals surface area contributed by atoms with E-state index in [1.807, 2.05) is 6.92 Å². The first-order valence-corrected chi connectivity index (χ1v) is 10.5.